The van der Waals surface area contributed by atoms with Gasteiger partial charge in [-0.05, 0) is 37.8 Å². The number of rotatable bonds is 6. The van der Waals surface area contributed by atoms with E-state index in [1.54, 1.807) is 24.3 Å². The van der Waals surface area contributed by atoms with E-state index in [0.717, 1.165) is 34.9 Å². The predicted molar refractivity (Wildman–Crippen MR) is 116 cm³/mol. The summed E-state index contributed by atoms with van der Waals surface area (Å²) in [7, 11) is 1.66. The van der Waals surface area contributed by atoms with Crippen LogP contribution in [0.3, 0.4) is 0 Å². The molecule has 162 valence electrons. The Morgan fingerprint density at radius 1 is 1.26 bits per heavy atom. The summed E-state index contributed by atoms with van der Waals surface area (Å²) in [6, 6.07) is 6.31. The molecule has 1 fully saturated rings. The Bertz CT molecular complexity index is 1050. The maximum atomic E-state index is 14.6. The van der Waals surface area contributed by atoms with Gasteiger partial charge in [0, 0.05) is 54.3 Å². The number of amides is 1. The summed E-state index contributed by atoms with van der Waals surface area (Å²) in [4.78, 5) is 23.1. The second-order valence-corrected chi connectivity index (χ2v) is 8.47. The molecular weight excluding hydrogens is 417 g/mol. The number of halogens is 1. The number of carbonyl (C=O) groups is 1. The fourth-order valence-electron chi connectivity index (χ4n) is 3.82. The molecular formula is C23H24FN3O3S. The highest BCUT2D eigenvalue weighted by Gasteiger charge is 2.28. The highest BCUT2D eigenvalue weighted by Crippen LogP contribution is 2.34. The number of piperidine rings is 1. The van der Waals surface area contributed by atoms with Gasteiger partial charge >= 0.3 is 0 Å². The van der Waals surface area contributed by atoms with Gasteiger partial charge in [-0.15, -0.1) is 11.3 Å². The fraction of sp³-hybridized carbons (Fsp3) is 0.348. The number of thiazole rings is 1. The van der Waals surface area contributed by atoms with Gasteiger partial charge in [-0.3, -0.25) is 9.78 Å². The molecule has 0 spiro atoms. The normalized spacial score (nSPS) is 14.5. The van der Waals surface area contributed by atoms with Gasteiger partial charge in [0.15, 0.2) is 0 Å². The summed E-state index contributed by atoms with van der Waals surface area (Å²) >= 11 is 1.47. The average molecular weight is 442 g/mol. The van der Waals surface area contributed by atoms with Crippen LogP contribution in [0.15, 0.2) is 42.0 Å². The molecule has 3 aromatic rings. The first-order chi connectivity index (χ1) is 15.0. The topological polar surface area (TPSA) is 64.5 Å². The predicted octanol–water partition coefficient (Wildman–Crippen LogP) is 4.59. The van der Waals surface area contributed by atoms with Gasteiger partial charge in [0.25, 0.3) is 5.91 Å². The number of nitrogens with zero attached hydrogens (tertiary/aromatic N) is 3. The number of pyridine rings is 1. The molecule has 0 aliphatic carbocycles. The van der Waals surface area contributed by atoms with Gasteiger partial charge in [-0.2, -0.15) is 0 Å². The van der Waals surface area contributed by atoms with E-state index in [-0.39, 0.29) is 24.0 Å². The zero-order valence-electron chi connectivity index (χ0n) is 17.5. The van der Waals surface area contributed by atoms with Crippen LogP contribution in [-0.2, 0) is 6.61 Å². The van der Waals surface area contributed by atoms with Crippen molar-refractivity contribution in [3.8, 4) is 11.5 Å². The first-order valence-corrected chi connectivity index (χ1v) is 11.0. The van der Waals surface area contributed by atoms with Crippen molar-refractivity contribution in [2.75, 3.05) is 20.2 Å². The quantitative estimate of drug-likeness (QED) is 0.560. The lowest BCUT2D eigenvalue weighted by atomic mass is 9.89. The zero-order chi connectivity index (χ0) is 21.8. The first-order valence-electron chi connectivity index (χ1n) is 10.2. The Balaban J connectivity index is 1.38. The van der Waals surface area contributed by atoms with Crippen LogP contribution in [0.2, 0.25) is 0 Å². The molecule has 0 bridgehead atoms. The van der Waals surface area contributed by atoms with Gasteiger partial charge in [0.2, 0.25) is 0 Å². The Labute approximate surface area is 184 Å². The summed E-state index contributed by atoms with van der Waals surface area (Å²) in [5.74, 6) is 0.599. The Morgan fingerprint density at radius 3 is 2.74 bits per heavy atom. The number of aromatic nitrogens is 2. The van der Waals surface area contributed by atoms with Crippen molar-refractivity contribution in [3.05, 3.63) is 69.7 Å². The number of ether oxygens (including phenoxy) is 2. The van der Waals surface area contributed by atoms with Crippen LogP contribution in [0.4, 0.5) is 4.39 Å². The van der Waals surface area contributed by atoms with Gasteiger partial charge in [-0.1, -0.05) is 0 Å². The maximum absolute atomic E-state index is 14.6. The number of hydrogen-bond acceptors (Lipinski definition) is 6. The summed E-state index contributed by atoms with van der Waals surface area (Å²) in [5.41, 5.74) is 2.03. The molecule has 1 aromatic carbocycles. The lowest BCUT2D eigenvalue weighted by Crippen LogP contribution is -2.38. The molecule has 2 aromatic heterocycles. The molecule has 1 saturated heterocycles. The number of methoxy groups -OCH3 is 1. The highest BCUT2D eigenvalue weighted by molar-refractivity contribution is 7.09. The van der Waals surface area contributed by atoms with Crippen molar-refractivity contribution >= 4 is 17.2 Å². The molecule has 0 radical (unpaired) electrons. The largest absolute Gasteiger partial charge is 0.496 e. The molecule has 1 aliphatic heterocycles. The van der Waals surface area contributed by atoms with Gasteiger partial charge in [-0.25, -0.2) is 9.37 Å². The van der Waals surface area contributed by atoms with Gasteiger partial charge < -0.3 is 14.4 Å². The summed E-state index contributed by atoms with van der Waals surface area (Å²) in [6.07, 6.45) is 5.12. The molecule has 3 heterocycles. The van der Waals surface area contributed by atoms with Crippen LogP contribution in [0.25, 0.3) is 0 Å². The number of aryl methyl sites for hydroxylation is 1. The molecule has 31 heavy (non-hydrogen) atoms. The van der Waals surface area contributed by atoms with E-state index in [0.29, 0.717) is 18.8 Å². The highest BCUT2D eigenvalue weighted by atomic mass is 32.1. The molecule has 1 aliphatic rings. The van der Waals surface area contributed by atoms with Crippen LogP contribution in [0.5, 0.6) is 11.5 Å². The SMILES string of the molecule is COc1cc(C)ncc1C1CCN(C(=O)c2ccc(OCc3nccs3)cc2F)CC1. The second kappa shape index (κ2) is 9.43. The van der Waals surface area contributed by atoms with E-state index in [2.05, 4.69) is 9.97 Å². The number of hydrogen-bond donors (Lipinski definition) is 0. The van der Waals surface area contributed by atoms with Gasteiger partial charge in [0.05, 0.1) is 12.7 Å². The van der Waals surface area contributed by atoms with E-state index in [4.69, 9.17) is 9.47 Å². The summed E-state index contributed by atoms with van der Waals surface area (Å²) in [5, 5.41) is 2.67. The van der Waals surface area contributed by atoms with E-state index in [1.807, 2.05) is 24.6 Å². The minimum absolute atomic E-state index is 0.0645. The lowest BCUT2D eigenvalue weighted by molar-refractivity contribution is 0.0707. The van der Waals surface area contributed by atoms with Crippen molar-refractivity contribution in [1.82, 2.24) is 14.9 Å². The molecule has 6 nitrogen and oxygen atoms in total. The van der Waals surface area contributed by atoms with Crippen molar-refractivity contribution in [2.24, 2.45) is 0 Å². The van der Waals surface area contributed by atoms with Crippen LogP contribution in [-0.4, -0.2) is 41.0 Å². The third-order valence-electron chi connectivity index (χ3n) is 5.49. The van der Waals surface area contributed by atoms with Crippen molar-refractivity contribution in [2.45, 2.75) is 32.3 Å². The monoisotopic (exact) mass is 441 g/mol. The molecule has 8 heteroatoms. The molecule has 4 rings (SSSR count). The fourth-order valence-corrected chi connectivity index (χ4v) is 4.35. The van der Waals surface area contributed by atoms with E-state index in [9.17, 15) is 9.18 Å². The Kier molecular flexibility index (Phi) is 6.46. The van der Waals surface area contributed by atoms with Crippen molar-refractivity contribution in [1.29, 1.82) is 0 Å². The molecule has 0 unspecified atom stereocenters. The molecule has 0 atom stereocenters. The Hall–Kier alpha value is -3.00. The standard InChI is InChI=1S/C23H24FN3O3S/c1-15-11-21(29-2)19(13-26-15)16-5-8-27(9-6-16)23(28)18-4-3-17(12-20(18)24)30-14-22-25-7-10-31-22/h3-4,7,10-13,16H,5-6,8-9,14H2,1-2H3. The number of carbonyl (C=O) groups excluding carboxylic acids is 1. The molecule has 0 N–H and O–H groups in total. The van der Waals surface area contributed by atoms with Crippen LogP contribution >= 0.6 is 11.3 Å². The minimum Gasteiger partial charge on any atom is -0.496 e. The third kappa shape index (κ3) is 4.85. The van der Waals surface area contributed by atoms with Crippen LogP contribution in [0, 0.1) is 12.7 Å². The van der Waals surface area contributed by atoms with Crippen LogP contribution < -0.4 is 9.47 Å². The zero-order valence-corrected chi connectivity index (χ0v) is 18.3. The molecule has 0 saturated carbocycles. The number of benzene rings is 1. The maximum Gasteiger partial charge on any atom is 0.256 e. The van der Waals surface area contributed by atoms with E-state index < -0.39 is 5.82 Å². The molecule has 1 amide bonds. The summed E-state index contributed by atoms with van der Waals surface area (Å²) < 4.78 is 25.7. The first kappa shape index (κ1) is 21.2. The van der Waals surface area contributed by atoms with E-state index in [1.165, 1.54) is 23.5 Å². The van der Waals surface area contributed by atoms with Gasteiger partial charge in [0.1, 0.15) is 28.9 Å². The minimum atomic E-state index is -0.576. The third-order valence-corrected chi connectivity index (χ3v) is 6.24. The van der Waals surface area contributed by atoms with E-state index >= 15 is 0 Å². The van der Waals surface area contributed by atoms with Crippen molar-refractivity contribution in [3.63, 3.8) is 0 Å². The van der Waals surface area contributed by atoms with Crippen molar-refractivity contribution < 1.29 is 18.7 Å². The summed E-state index contributed by atoms with van der Waals surface area (Å²) in [6.45, 7) is 3.32. The average Bonchev–Trinajstić information content (AvgIpc) is 3.31. The Morgan fingerprint density at radius 2 is 2.06 bits per heavy atom. The second-order valence-electron chi connectivity index (χ2n) is 7.49. The smallest absolute Gasteiger partial charge is 0.256 e. The van der Waals surface area contributed by atoms with Crippen LogP contribution in [0.1, 0.15) is 45.4 Å². The number of likely N-dealkylation sites (tertiary alicyclic amines) is 1. The lowest BCUT2D eigenvalue weighted by Gasteiger charge is -2.32.